The molecule has 4 amide bonds. The summed E-state index contributed by atoms with van der Waals surface area (Å²) in [6.45, 7) is 2.41. The first-order chi connectivity index (χ1) is 16.9. The second-order valence-electron chi connectivity index (χ2n) is 7.44. The van der Waals surface area contributed by atoms with Crippen molar-refractivity contribution in [3.05, 3.63) is 92.9 Å². The zero-order chi connectivity index (χ0) is 24.9. The van der Waals surface area contributed by atoms with E-state index in [0.717, 1.165) is 10.5 Å². The third-order valence-electron chi connectivity index (χ3n) is 5.09. The molecular weight excluding hydrogens is 536 g/mol. The third-order valence-corrected chi connectivity index (χ3v) is 6.05. The highest BCUT2D eigenvalue weighted by molar-refractivity contribution is 9.10. The zero-order valence-corrected chi connectivity index (χ0v) is 20.9. The highest BCUT2D eigenvalue weighted by atomic mass is 79.9. The summed E-state index contributed by atoms with van der Waals surface area (Å²) in [6.07, 6.45) is 1.41. The second kappa shape index (κ2) is 10.8. The topological polar surface area (TPSA) is 84.9 Å². The maximum Gasteiger partial charge on any atom is 0.335 e. The van der Waals surface area contributed by atoms with E-state index in [0.29, 0.717) is 38.9 Å². The molecule has 3 aromatic carbocycles. The summed E-state index contributed by atoms with van der Waals surface area (Å²) in [7, 11) is 0. The smallest absolute Gasteiger partial charge is 0.335 e. The lowest BCUT2D eigenvalue weighted by molar-refractivity contribution is -0.122. The predicted octanol–water partition coefficient (Wildman–Crippen LogP) is 5.75. The Labute approximate surface area is 215 Å². The third kappa shape index (κ3) is 5.39. The number of para-hydroxylation sites is 1. The van der Waals surface area contributed by atoms with Crippen LogP contribution in [0.3, 0.4) is 0 Å². The molecule has 0 unspecified atom stereocenters. The lowest BCUT2D eigenvalue weighted by Crippen LogP contribution is -2.54. The van der Waals surface area contributed by atoms with Crippen LogP contribution in [0.25, 0.3) is 6.08 Å². The van der Waals surface area contributed by atoms with E-state index in [4.69, 9.17) is 21.1 Å². The van der Waals surface area contributed by atoms with Gasteiger partial charge in [0.05, 0.1) is 16.8 Å². The standard InChI is InChI=1S/C26H20BrClN2O5/c1-2-34-22-14-16(13-20(27)23(22)35-15-17-8-6-7-11-21(17)28)12-19-24(31)29-26(33)30(25(19)32)18-9-4-3-5-10-18/h3-14H,2,15H2,1H3,(H,29,31,33)/b19-12-. The van der Waals surface area contributed by atoms with Crippen molar-refractivity contribution in [3.63, 3.8) is 0 Å². The summed E-state index contributed by atoms with van der Waals surface area (Å²) in [6, 6.07) is 18.3. The summed E-state index contributed by atoms with van der Waals surface area (Å²) >= 11 is 9.73. The summed E-state index contributed by atoms with van der Waals surface area (Å²) < 4.78 is 12.3. The lowest BCUT2D eigenvalue weighted by atomic mass is 10.1. The number of barbiturate groups is 1. The fraction of sp³-hybridized carbons (Fsp3) is 0.115. The Bertz CT molecular complexity index is 1330. The molecule has 1 N–H and O–H groups in total. The largest absolute Gasteiger partial charge is 0.490 e. The fourth-order valence-corrected chi connectivity index (χ4v) is 4.24. The Balaban J connectivity index is 1.66. The Hall–Kier alpha value is -3.62. The van der Waals surface area contributed by atoms with Crippen LogP contribution >= 0.6 is 27.5 Å². The molecular formula is C26H20BrClN2O5. The van der Waals surface area contributed by atoms with Gasteiger partial charge in [-0.15, -0.1) is 0 Å². The molecule has 9 heteroatoms. The number of ether oxygens (including phenoxy) is 2. The van der Waals surface area contributed by atoms with Gasteiger partial charge in [-0.3, -0.25) is 14.9 Å². The van der Waals surface area contributed by atoms with Gasteiger partial charge >= 0.3 is 6.03 Å². The van der Waals surface area contributed by atoms with Crippen LogP contribution in [0.4, 0.5) is 10.5 Å². The van der Waals surface area contributed by atoms with Crippen LogP contribution in [0.2, 0.25) is 5.02 Å². The highest BCUT2D eigenvalue weighted by Crippen LogP contribution is 2.38. The Morgan fingerprint density at radius 1 is 1.00 bits per heavy atom. The van der Waals surface area contributed by atoms with Gasteiger partial charge in [0.25, 0.3) is 11.8 Å². The monoisotopic (exact) mass is 554 g/mol. The number of hydrogen-bond donors (Lipinski definition) is 1. The molecule has 0 saturated carbocycles. The average molecular weight is 556 g/mol. The van der Waals surface area contributed by atoms with E-state index >= 15 is 0 Å². The minimum Gasteiger partial charge on any atom is -0.490 e. The molecule has 0 spiro atoms. The quantitative estimate of drug-likeness (QED) is 0.297. The maximum absolute atomic E-state index is 13.1. The van der Waals surface area contributed by atoms with Crippen LogP contribution in [-0.2, 0) is 16.2 Å². The number of imide groups is 2. The van der Waals surface area contributed by atoms with E-state index in [1.54, 1.807) is 48.5 Å². The van der Waals surface area contributed by atoms with Gasteiger partial charge in [-0.25, -0.2) is 9.69 Å². The fourth-order valence-electron chi connectivity index (χ4n) is 3.48. The molecule has 1 heterocycles. The summed E-state index contributed by atoms with van der Waals surface area (Å²) in [5.41, 5.74) is 1.48. The van der Waals surface area contributed by atoms with Crippen LogP contribution in [0.1, 0.15) is 18.1 Å². The minimum atomic E-state index is -0.803. The number of carbonyl (C=O) groups is 3. The Morgan fingerprint density at radius 3 is 2.43 bits per heavy atom. The molecule has 3 aromatic rings. The van der Waals surface area contributed by atoms with Gasteiger partial charge in [0, 0.05) is 10.6 Å². The number of rotatable bonds is 7. The number of hydrogen-bond acceptors (Lipinski definition) is 5. The van der Waals surface area contributed by atoms with Crippen LogP contribution < -0.4 is 19.7 Å². The van der Waals surface area contributed by atoms with Crippen LogP contribution in [-0.4, -0.2) is 24.5 Å². The Kier molecular flexibility index (Phi) is 7.53. The number of anilines is 1. The number of urea groups is 1. The molecule has 35 heavy (non-hydrogen) atoms. The van der Waals surface area contributed by atoms with Gasteiger partial charge in [-0.2, -0.15) is 0 Å². The van der Waals surface area contributed by atoms with E-state index in [1.165, 1.54) is 6.08 Å². The van der Waals surface area contributed by atoms with E-state index in [-0.39, 0.29) is 12.2 Å². The first kappa shape index (κ1) is 24.5. The van der Waals surface area contributed by atoms with Crippen molar-refractivity contribution in [2.45, 2.75) is 13.5 Å². The molecule has 0 bridgehead atoms. The minimum absolute atomic E-state index is 0.187. The number of carbonyl (C=O) groups excluding carboxylic acids is 3. The average Bonchev–Trinajstić information content (AvgIpc) is 2.83. The summed E-state index contributed by atoms with van der Waals surface area (Å²) in [5.74, 6) is -0.631. The van der Waals surface area contributed by atoms with Gasteiger partial charge in [-0.1, -0.05) is 48.0 Å². The van der Waals surface area contributed by atoms with E-state index < -0.39 is 17.8 Å². The molecule has 0 radical (unpaired) electrons. The molecule has 1 fully saturated rings. The highest BCUT2D eigenvalue weighted by Gasteiger charge is 2.36. The molecule has 1 saturated heterocycles. The number of benzene rings is 3. The molecule has 0 atom stereocenters. The number of nitrogens with one attached hydrogen (secondary N) is 1. The van der Waals surface area contributed by atoms with E-state index in [1.807, 2.05) is 25.1 Å². The molecule has 7 nitrogen and oxygen atoms in total. The molecule has 1 aliphatic rings. The van der Waals surface area contributed by atoms with Crippen LogP contribution in [0.15, 0.2) is 76.8 Å². The molecule has 0 aromatic heterocycles. The van der Waals surface area contributed by atoms with Crippen molar-refractivity contribution in [1.29, 1.82) is 0 Å². The van der Waals surface area contributed by atoms with Crippen molar-refractivity contribution < 1.29 is 23.9 Å². The number of halogens is 2. The van der Waals surface area contributed by atoms with Crippen molar-refractivity contribution in [3.8, 4) is 11.5 Å². The van der Waals surface area contributed by atoms with Crippen molar-refractivity contribution in [1.82, 2.24) is 5.32 Å². The molecule has 0 aliphatic carbocycles. The van der Waals surface area contributed by atoms with Crippen molar-refractivity contribution >= 4 is 57.1 Å². The summed E-state index contributed by atoms with van der Waals surface area (Å²) in [5, 5.41) is 2.80. The molecule has 178 valence electrons. The van der Waals surface area contributed by atoms with Crippen molar-refractivity contribution in [2.24, 2.45) is 0 Å². The predicted molar refractivity (Wildman–Crippen MR) is 137 cm³/mol. The van der Waals surface area contributed by atoms with E-state index in [9.17, 15) is 14.4 Å². The Morgan fingerprint density at radius 2 is 1.71 bits per heavy atom. The number of nitrogens with zero attached hydrogens (tertiary/aromatic N) is 1. The SMILES string of the molecule is CCOc1cc(/C=C2/C(=O)NC(=O)N(c3ccccc3)C2=O)cc(Br)c1OCc1ccccc1Cl. The van der Waals surface area contributed by atoms with Crippen LogP contribution in [0.5, 0.6) is 11.5 Å². The van der Waals surface area contributed by atoms with Crippen molar-refractivity contribution in [2.75, 3.05) is 11.5 Å². The van der Waals surface area contributed by atoms with Crippen LogP contribution in [0, 0.1) is 0 Å². The lowest BCUT2D eigenvalue weighted by Gasteiger charge is -2.26. The molecule has 4 rings (SSSR count). The van der Waals surface area contributed by atoms with Gasteiger partial charge in [0.2, 0.25) is 0 Å². The first-order valence-corrected chi connectivity index (χ1v) is 11.8. The maximum atomic E-state index is 13.1. The first-order valence-electron chi connectivity index (χ1n) is 10.7. The van der Waals surface area contributed by atoms with Gasteiger partial charge in [-0.05, 0) is 64.8 Å². The normalized spacial score (nSPS) is 14.8. The van der Waals surface area contributed by atoms with Gasteiger partial charge in [0.1, 0.15) is 12.2 Å². The zero-order valence-electron chi connectivity index (χ0n) is 18.6. The van der Waals surface area contributed by atoms with E-state index in [2.05, 4.69) is 21.2 Å². The molecule has 1 aliphatic heterocycles. The summed E-state index contributed by atoms with van der Waals surface area (Å²) in [4.78, 5) is 38.9. The van der Waals surface area contributed by atoms with Gasteiger partial charge < -0.3 is 9.47 Å². The number of amides is 4. The van der Waals surface area contributed by atoms with Gasteiger partial charge in [0.15, 0.2) is 11.5 Å². The second-order valence-corrected chi connectivity index (χ2v) is 8.70.